The summed E-state index contributed by atoms with van der Waals surface area (Å²) in [5.74, 6) is -1.13. The smallest absolute Gasteiger partial charge is 0.340 e. The third kappa shape index (κ3) is 6.34. The summed E-state index contributed by atoms with van der Waals surface area (Å²) in [5.41, 5.74) is 1.53. The number of para-hydroxylation sites is 1. The zero-order chi connectivity index (χ0) is 24.8. The molecule has 1 amide bonds. The highest BCUT2D eigenvalue weighted by molar-refractivity contribution is 7.89. The van der Waals surface area contributed by atoms with Gasteiger partial charge in [0, 0.05) is 18.8 Å². The largest absolute Gasteiger partial charge is 0.449 e. The van der Waals surface area contributed by atoms with Gasteiger partial charge in [-0.25, -0.2) is 13.2 Å². The van der Waals surface area contributed by atoms with E-state index in [-0.39, 0.29) is 34.5 Å². The van der Waals surface area contributed by atoms with Gasteiger partial charge in [0.1, 0.15) is 0 Å². The summed E-state index contributed by atoms with van der Waals surface area (Å²) in [6.45, 7) is 9.61. The number of amides is 1. The van der Waals surface area contributed by atoms with Crippen LogP contribution in [0.5, 0.6) is 0 Å². The van der Waals surface area contributed by atoms with Crippen LogP contribution >= 0.6 is 11.6 Å². The number of carbonyl (C=O) groups excluding carboxylic acids is 2. The minimum absolute atomic E-state index is 0.0354. The Hall–Kier alpha value is -2.42. The molecule has 0 aliphatic heterocycles. The second kappa shape index (κ2) is 11.6. The van der Waals surface area contributed by atoms with E-state index in [0.717, 1.165) is 12.0 Å². The number of ether oxygens (including phenoxy) is 1. The molecular weight excluding hydrogens is 464 g/mol. The fourth-order valence-electron chi connectivity index (χ4n) is 3.31. The monoisotopic (exact) mass is 494 g/mol. The van der Waals surface area contributed by atoms with Gasteiger partial charge in [0.05, 0.1) is 15.5 Å². The van der Waals surface area contributed by atoms with Crippen LogP contribution in [-0.4, -0.2) is 43.8 Å². The van der Waals surface area contributed by atoms with Crippen molar-refractivity contribution in [2.45, 2.75) is 58.0 Å². The van der Waals surface area contributed by atoms with Gasteiger partial charge in [-0.3, -0.25) is 4.79 Å². The SMILES string of the molecule is CCC(C)c1ccccc1NC(=O)C(C)OC(=O)c1cc(S(=O)(=O)N(CC)CC)ccc1Cl. The molecule has 0 spiro atoms. The molecule has 0 fully saturated rings. The number of rotatable bonds is 10. The third-order valence-electron chi connectivity index (χ3n) is 5.52. The maximum atomic E-state index is 12.8. The first-order chi connectivity index (χ1) is 15.6. The van der Waals surface area contributed by atoms with Crippen molar-refractivity contribution in [3.05, 3.63) is 58.6 Å². The fraction of sp³-hybridized carbons (Fsp3) is 0.417. The molecule has 9 heteroatoms. The summed E-state index contributed by atoms with van der Waals surface area (Å²) in [7, 11) is -3.79. The number of nitrogens with one attached hydrogen (secondary N) is 1. The Morgan fingerprint density at radius 1 is 1.06 bits per heavy atom. The predicted molar refractivity (Wildman–Crippen MR) is 130 cm³/mol. The lowest BCUT2D eigenvalue weighted by molar-refractivity contribution is -0.123. The van der Waals surface area contributed by atoms with Crippen molar-refractivity contribution < 1.29 is 22.7 Å². The lowest BCUT2D eigenvalue weighted by atomic mass is 9.97. The van der Waals surface area contributed by atoms with Crippen LogP contribution in [0.1, 0.15) is 62.9 Å². The van der Waals surface area contributed by atoms with E-state index in [0.29, 0.717) is 5.69 Å². The van der Waals surface area contributed by atoms with E-state index in [4.69, 9.17) is 16.3 Å². The molecule has 2 aromatic carbocycles. The molecule has 2 unspecified atom stereocenters. The summed E-state index contributed by atoms with van der Waals surface area (Å²) in [4.78, 5) is 25.4. The van der Waals surface area contributed by atoms with E-state index >= 15 is 0 Å². The second-order valence-corrected chi connectivity index (χ2v) is 10.0. The van der Waals surface area contributed by atoms with Crippen LogP contribution in [0.25, 0.3) is 0 Å². The molecular formula is C24H31ClN2O5S. The summed E-state index contributed by atoms with van der Waals surface area (Å²) in [6.07, 6.45) is -0.218. The highest BCUT2D eigenvalue weighted by Gasteiger charge is 2.26. The molecule has 2 aromatic rings. The summed E-state index contributed by atoms with van der Waals surface area (Å²) >= 11 is 6.14. The van der Waals surface area contributed by atoms with E-state index in [9.17, 15) is 18.0 Å². The Kier molecular flexibility index (Phi) is 9.46. The molecule has 0 aromatic heterocycles. The zero-order valence-electron chi connectivity index (χ0n) is 19.6. The van der Waals surface area contributed by atoms with E-state index in [1.54, 1.807) is 19.9 Å². The number of sulfonamides is 1. The highest BCUT2D eigenvalue weighted by Crippen LogP contribution is 2.27. The molecule has 7 nitrogen and oxygen atoms in total. The Balaban J connectivity index is 2.21. The molecule has 0 aliphatic rings. The molecule has 0 bridgehead atoms. The van der Waals surface area contributed by atoms with Crippen LogP contribution < -0.4 is 5.32 Å². The van der Waals surface area contributed by atoms with Crippen molar-refractivity contribution in [3.63, 3.8) is 0 Å². The lowest BCUT2D eigenvalue weighted by Gasteiger charge is -2.20. The summed E-state index contributed by atoms with van der Waals surface area (Å²) in [5, 5.41) is 2.85. The van der Waals surface area contributed by atoms with Gasteiger partial charge in [-0.2, -0.15) is 4.31 Å². The van der Waals surface area contributed by atoms with Crippen LogP contribution in [0.15, 0.2) is 47.4 Å². The van der Waals surface area contributed by atoms with E-state index in [1.165, 1.54) is 29.4 Å². The number of hydrogen-bond donors (Lipinski definition) is 1. The number of nitrogens with zero attached hydrogens (tertiary/aromatic N) is 1. The maximum Gasteiger partial charge on any atom is 0.340 e. The number of benzene rings is 2. The molecule has 33 heavy (non-hydrogen) atoms. The molecule has 0 saturated carbocycles. The average molecular weight is 495 g/mol. The van der Waals surface area contributed by atoms with Crippen molar-refractivity contribution in [1.29, 1.82) is 0 Å². The first-order valence-electron chi connectivity index (χ1n) is 11.0. The van der Waals surface area contributed by atoms with Crippen molar-refractivity contribution in [2.24, 2.45) is 0 Å². The standard InChI is InChI=1S/C24H31ClN2O5S/c1-6-16(4)19-11-9-10-12-22(19)26-23(28)17(5)32-24(29)20-15-18(13-14-21(20)25)33(30,31)27(7-2)8-3/h9-17H,6-8H2,1-5H3,(H,26,28). The molecule has 0 aliphatic carbocycles. The van der Waals surface area contributed by atoms with Gasteiger partial charge >= 0.3 is 5.97 Å². The maximum absolute atomic E-state index is 12.8. The van der Waals surface area contributed by atoms with Gasteiger partial charge in [-0.1, -0.05) is 57.5 Å². The average Bonchev–Trinajstić information content (AvgIpc) is 2.79. The van der Waals surface area contributed by atoms with Gasteiger partial charge in [-0.05, 0) is 49.1 Å². The van der Waals surface area contributed by atoms with Crippen molar-refractivity contribution in [2.75, 3.05) is 18.4 Å². The topological polar surface area (TPSA) is 92.8 Å². The molecule has 1 N–H and O–H groups in total. The molecule has 0 heterocycles. The van der Waals surface area contributed by atoms with E-state index in [1.807, 2.05) is 18.2 Å². The first-order valence-corrected chi connectivity index (χ1v) is 12.8. The fourth-order valence-corrected chi connectivity index (χ4v) is 4.99. The number of anilines is 1. The van der Waals surface area contributed by atoms with Crippen molar-refractivity contribution in [3.8, 4) is 0 Å². The van der Waals surface area contributed by atoms with Crippen molar-refractivity contribution >= 4 is 39.2 Å². The molecule has 2 atom stereocenters. The Bertz CT molecular complexity index is 1100. The Labute approximate surface area is 201 Å². The predicted octanol–water partition coefficient (Wildman–Crippen LogP) is 5.07. The quantitative estimate of drug-likeness (QED) is 0.465. The van der Waals surface area contributed by atoms with E-state index < -0.39 is 28.0 Å². The first kappa shape index (κ1) is 26.8. The number of halogens is 1. The summed E-state index contributed by atoms with van der Waals surface area (Å²) in [6, 6.07) is 11.3. The lowest BCUT2D eigenvalue weighted by Crippen LogP contribution is -2.31. The molecule has 2 rings (SSSR count). The number of esters is 1. The van der Waals surface area contributed by atoms with Crippen LogP contribution in [0, 0.1) is 0 Å². The third-order valence-corrected chi connectivity index (χ3v) is 7.89. The van der Waals surface area contributed by atoms with Crippen LogP contribution in [0.3, 0.4) is 0 Å². The van der Waals surface area contributed by atoms with Gasteiger partial charge in [0.2, 0.25) is 10.0 Å². The van der Waals surface area contributed by atoms with Gasteiger partial charge < -0.3 is 10.1 Å². The Morgan fingerprint density at radius 3 is 2.30 bits per heavy atom. The normalized spacial score (nSPS) is 13.4. The number of hydrogen-bond acceptors (Lipinski definition) is 5. The minimum Gasteiger partial charge on any atom is -0.449 e. The van der Waals surface area contributed by atoms with E-state index in [2.05, 4.69) is 19.2 Å². The molecule has 0 saturated heterocycles. The zero-order valence-corrected chi connectivity index (χ0v) is 21.2. The summed E-state index contributed by atoms with van der Waals surface area (Å²) < 4.78 is 32.2. The van der Waals surface area contributed by atoms with Gasteiger partial charge in [-0.15, -0.1) is 0 Å². The second-order valence-electron chi connectivity index (χ2n) is 7.66. The van der Waals surface area contributed by atoms with Crippen LogP contribution in [-0.2, 0) is 19.6 Å². The molecule has 180 valence electrons. The number of carbonyl (C=O) groups is 2. The van der Waals surface area contributed by atoms with Crippen LogP contribution in [0.4, 0.5) is 5.69 Å². The molecule has 0 radical (unpaired) electrons. The minimum atomic E-state index is -3.79. The Morgan fingerprint density at radius 2 is 1.70 bits per heavy atom. The van der Waals surface area contributed by atoms with Crippen LogP contribution in [0.2, 0.25) is 5.02 Å². The van der Waals surface area contributed by atoms with Crippen molar-refractivity contribution in [1.82, 2.24) is 4.31 Å². The van der Waals surface area contributed by atoms with Gasteiger partial charge in [0.25, 0.3) is 5.91 Å². The van der Waals surface area contributed by atoms with Gasteiger partial charge in [0.15, 0.2) is 6.10 Å². The highest BCUT2D eigenvalue weighted by atomic mass is 35.5.